The third kappa shape index (κ3) is 28.9. The van der Waals surface area contributed by atoms with Gasteiger partial charge in [-0.3, -0.25) is 42.9 Å². The fourth-order valence-electron chi connectivity index (χ4n) is 11.3. The first-order valence-corrected chi connectivity index (χ1v) is 36.0. The minimum absolute atomic E-state index is 0.00566. The normalized spacial score (nSPS) is 26.2. The first-order chi connectivity index (χ1) is 48.7. The van der Waals surface area contributed by atoms with E-state index in [0.717, 1.165) is 0 Å². The van der Waals surface area contributed by atoms with Crippen LogP contribution < -0.4 is 53.4 Å². The van der Waals surface area contributed by atoms with Gasteiger partial charge in [0, 0.05) is 92.6 Å². The van der Waals surface area contributed by atoms with Crippen LogP contribution in [0.5, 0.6) is 0 Å². The van der Waals surface area contributed by atoms with E-state index in [9.17, 15) is 93.8 Å². The quantitative estimate of drug-likeness (QED) is 0.0216. The molecule has 0 saturated carbocycles. The maximum absolute atomic E-state index is 14.4. The number of nitrogens with zero attached hydrogens (tertiary/aromatic N) is 4. The average Bonchev–Trinajstić information content (AvgIpc) is 1.19. The molecule has 2 aromatic heterocycles. The maximum Gasteiger partial charge on any atom is 0.292 e. The smallest absolute Gasteiger partial charge is 0.292 e. The Labute approximate surface area is 588 Å². The van der Waals surface area contributed by atoms with Crippen molar-refractivity contribution in [2.45, 2.75) is 228 Å². The first-order valence-electron chi connectivity index (χ1n) is 34.2. The highest BCUT2D eigenvalue weighted by molar-refractivity contribution is 7.55. The summed E-state index contributed by atoms with van der Waals surface area (Å²) in [6.45, 7) is 1.76. The molecule has 0 aliphatic carbocycles. The molecule has 0 radical (unpaired) electrons. The Balaban J connectivity index is 1.17. The highest BCUT2D eigenvalue weighted by Gasteiger charge is 2.48. The zero-order valence-electron chi connectivity index (χ0n) is 57.6. The van der Waals surface area contributed by atoms with Crippen LogP contribution in [-0.2, 0) is 82.6 Å². The molecule has 580 valence electrons. The zero-order chi connectivity index (χ0) is 74.9. The summed E-state index contributed by atoms with van der Waals surface area (Å²) in [4.78, 5) is 126. The number of ether oxygens (including phenoxy) is 7. The molecule has 0 spiro atoms. The van der Waals surface area contributed by atoms with Gasteiger partial charge in [0.05, 0.1) is 32.8 Å². The topological polar surface area (TPSA) is 598 Å². The van der Waals surface area contributed by atoms with Gasteiger partial charge < -0.3 is 137 Å². The van der Waals surface area contributed by atoms with E-state index in [4.69, 9.17) is 38.9 Å². The molecule has 5 heterocycles. The molecule has 3 aliphatic rings. The van der Waals surface area contributed by atoms with Gasteiger partial charge in [-0.25, -0.2) is 20.0 Å². The van der Waals surface area contributed by atoms with Gasteiger partial charge in [-0.1, -0.05) is 0 Å². The highest BCUT2D eigenvalue weighted by atomic mass is 31.2. The van der Waals surface area contributed by atoms with Gasteiger partial charge in [0.25, 0.3) is 7.52 Å². The van der Waals surface area contributed by atoms with Crippen molar-refractivity contribution < 1.29 is 127 Å². The van der Waals surface area contributed by atoms with Crippen molar-refractivity contribution in [3.8, 4) is 0 Å². The summed E-state index contributed by atoms with van der Waals surface area (Å²) in [6.07, 6.45) is -11.3. The monoisotopic (exact) mass is 1480 g/mol. The number of aliphatic hydroxyl groups excluding tert-OH is 9. The van der Waals surface area contributed by atoms with Gasteiger partial charge in [-0.05, 0) is 77.0 Å². The predicted molar refractivity (Wildman–Crippen MR) is 354 cm³/mol. The number of nitrogens with one attached hydrogen (secondary N) is 9. The summed E-state index contributed by atoms with van der Waals surface area (Å²) < 4.78 is 54.2. The van der Waals surface area contributed by atoms with Crippen LogP contribution in [-0.4, -0.2) is 300 Å². The molecule has 3 saturated heterocycles. The molecule has 0 bridgehead atoms. The fraction of sp³-hybridized carbons (Fsp3) is 0.787. The number of amides is 8. The lowest BCUT2D eigenvalue weighted by Gasteiger charge is -2.42. The Morgan fingerprint density at radius 3 is 1.39 bits per heavy atom. The highest BCUT2D eigenvalue weighted by Crippen LogP contribution is 2.34. The van der Waals surface area contributed by atoms with Gasteiger partial charge in [0.2, 0.25) is 47.3 Å². The maximum atomic E-state index is 14.4. The largest absolute Gasteiger partial charge is 0.394 e. The lowest BCUT2D eigenvalue weighted by Crippen LogP contribution is -2.64. The zero-order valence-corrected chi connectivity index (χ0v) is 58.5. The molecule has 4 unspecified atom stereocenters. The van der Waals surface area contributed by atoms with Gasteiger partial charge in [-0.2, -0.15) is 0 Å². The number of carbonyl (C=O) groups is 8. The number of rotatable bonds is 47. The standard InChI is InChI=1S/C61H105N14O26P/c1-34(79)70-45-52(88)49(85)39(28-76)99-59(45)96-24-11-6-16-42(82)63-19-9-4-14-37(57(91)65-21-22-69-102(93,94)33-95-27-23-75-32-68-48-55(62)66-31-67-56(48)75)74-58(92)38(73-44(84)18-8-13-26-98-61-47(72-36(3)81)54(90)51(87)41(30-78)101-61)15-5-10-20-64-43(83)17-7-12-25-97-60-46(71-35(2)80)53(89)50(86)40(29-77)100-60/h31-32,37-41,45-47,49-54,59-61,76-78,85-90H,4-30,33H2,1-3H3,(H,63,82)(H,64,83)(H,65,91)(H,70,79)(H,71,80)(H,72,81)(H,73,84)(H,74,92)(H2,62,66,67)(H2,69,93,94)/t37-,38-,39+,40+,41+,45+,46+,47+,49-,50-,51-,52+,53+,54+,59?,60?,61?/m0/s1. The van der Waals surface area contributed by atoms with E-state index in [2.05, 4.69) is 62.6 Å². The molecule has 41 heteroatoms. The molecule has 8 amide bonds. The lowest BCUT2D eigenvalue weighted by molar-refractivity contribution is -0.270. The number of aliphatic hydroxyl groups is 9. The fourth-order valence-corrected chi connectivity index (χ4v) is 12.2. The summed E-state index contributed by atoms with van der Waals surface area (Å²) in [7, 11) is -4.13. The van der Waals surface area contributed by atoms with Crippen LogP contribution in [0.4, 0.5) is 5.82 Å². The van der Waals surface area contributed by atoms with Crippen molar-refractivity contribution in [2.75, 3.05) is 84.5 Å². The van der Waals surface area contributed by atoms with Gasteiger partial charge in [0.15, 0.2) is 30.3 Å². The van der Waals surface area contributed by atoms with Crippen LogP contribution in [0.2, 0.25) is 0 Å². The number of hydrogen-bond acceptors (Lipinski definition) is 29. The van der Waals surface area contributed by atoms with Crippen LogP contribution in [0, 0.1) is 0 Å². The van der Waals surface area contributed by atoms with Crippen molar-refractivity contribution >= 4 is 71.8 Å². The van der Waals surface area contributed by atoms with Crippen LogP contribution in [0.3, 0.4) is 0 Å². The van der Waals surface area contributed by atoms with Gasteiger partial charge >= 0.3 is 0 Å². The third-order valence-corrected chi connectivity index (χ3v) is 18.0. The van der Waals surface area contributed by atoms with Crippen molar-refractivity contribution in [3.05, 3.63) is 12.7 Å². The van der Waals surface area contributed by atoms with E-state index in [1.165, 1.54) is 33.4 Å². The van der Waals surface area contributed by atoms with Crippen LogP contribution in [0.25, 0.3) is 11.2 Å². The van der Waals surface area contributed by atoms with Crippen molar-refractivity contribution in [1.29, 1.82) is 0 Å². The summed E-state index contributed by atoms with van der Waals surface area (Å²) in [6, 6.07) is -5.97. The molecule has 18 atom stereocenters. The number of nitrogen functional groups attached to an aromatic ring is 1. The van der Waals surface area contributed by atoms with E-state index in [1.807, 2.05) is 0 Å². The molecule has 3 aliphatic heterocycles. The second-order valence-electron chi connectivity index (χ2n) is 25.0. The Kier molecular flexibility index (Phi) is 38.1. The van der Waals surface area contributed by atoms with E-state index >= 15 is 0 Å². The van der Waals surface area contributed by atoms with E-state index < -0.39 is 173 Å². The van der Waals surface area contributed by atoms with Gasteiger partial charge in [0.1, 0.15) is 103 Å². The Morgan fingerprint density at radius 1 is 0.529 bits per heavy atom. The van der Waals surface area contributed by atoms with Gasteiger partial charge in [-0.15, -0.1) is 0 Å². The Morgan fingerprint density at radius 2 is 0.961 bits per heavy atom. The number of imidazole rings is 1. The average molecular weight is 1480 g/mol. The SMILES string of the molecule is CC(=O)N[C@H]1C(OCCCCC(=O)NCCCC[C@H](NC(=O)CCCCOC2O[C@H](CO)[C@H](O)[C@H](O)[C@H]2NC(C)=O)C(=O)N[C@@H](CCCCNC(=O)CCCCOC2O[C@H](CO)[C@H](O)[C@H](O)[C@H]2NC(C)=O)C(=O)NCCNP(=O)(O)COCCn2cnc3c(N)ncnc32)O[C@H](CO)[C@H](O)[C@@H]1O. The summed E-state index contributed by atoms with van der Waals surface area (Å²) >= 11 is 0. The first kappa shape index (κ1) is 86.3. The number of aromatic nitrogens is 4. The van der Waals surface area contributed by atoms with Crippen LogP contribution >= 0.6 is 7.52 Å². The minimum Gasteiger partial charge on any atom is -0.394 e. The molecule has 21 N–H and O–H groups in total. The second-order valence-corrected chi connectivity index (χ2v) is 26.9. The molecule has 102 heavy (non-hydrogen) atoms. The van der Waals surface area contributed by atoms with Crippen molar-refractivity contribution in [2.24, 2.45) is 0 Å². The van der Waals surface area contributed by atoms with E-state index in [-0.39, 0.29) is 135 Å². The number of fused-ring (bicyclic) bond motifs is 1. The van der Waals surface area contributed by atoms with E-state index in [1.54, 1.807) is 4.57 Å². The molecular formula is C61H105N14O26P. The molecule has 40 nitrogen and oxygen atoms in total. The minimum atomic E-state index is -4.13. The van der Waals surface area contributed by atoms with Crippen molar-refractivity contribution in [1.82, 2.24) is 67.1 Å². The molecule has 2 aromatic rings. The summed E-state index contributed by atoms with van der Waals surface area (Å²) in [5.41, 5.74) is 6.69. The number of unbranched alkanes of at least 4 members (excludes halogenated alkanes) is 5. The number of anilines is 1. The Bertz CT molecular complexity index is 2990. The third-order valence-electron chi connectivity index (χ3n) is 16.7. The molecule has 0 aromatic carbocycles. The number of carbonyl (C=O) groups excluding carboxylic acids is 8. The summed E-state index contributed by atoms with van der Waals surface area (Å²) in [5, 5.41) is 115. The second kappa shape index (κ2) is 45.1. The van der Waals surface area contributed by atoms with Crippen LogP contribution in [0.1, 0.15) is 117 Å². The Hall–Kier alpha value is -6.38. The molecular weight excluding hydrogens is 1380 g/mol. The molecule has 3 fully saturated rings. The molecule has 5 rings (SSSR count). The predicted octanol–water partition coefficient (Wildman–Crippen LogP) is -6.79. The number of nitrogens with two attached hydrogens (primary N) is 1. The van der Waals surface area contributed by atoms with Crippen LogP contribution in [0.15, 0.2) is 12.7 Å². The summed E-state index contributed by atoms with van der Waals surface area (Å²) in [5.74, 6) is -4.09. The number of hydrogen-bond donors (Lipinski definition) is 20. The lowest BCUT2D eigenvalue weighted by atomic mass is 9.97. The van der Waals surface area contributed by atoms with Crippen molar-refractivity contribution in [3.63, 3.8) is 0 Å². The van der Waals surface area contributed by atoms with E-state index in [0.29, 0.717) is 49.7 Å².